The zero-order valence-electron chi connectivity index (χ0n) is 15.5. The van der Waals surface area contributed by atoms with Gasteiger partial charge in [0, 0.05) is 23.9 Å². The number of ether oxygens (including phenoxy) is 1. The Bertz CT molecular complexity index is 897. The lowest BCUT2D eigenvalue weighted by Gasteiger charge is -2.38. The molecular formula is C22H24N2O2S. The molecule has 0 saturated carbocycles. The molecule has 1 aromatic carbocycles. The van der Waals surface area contributed by atoms with Crippen LogP contribution < -0.4 is 5.32 Å². The van der Waals surface area contributed by atoms with Crippen molar-refractivity contribution < 1.29 is 9.53 Å². The number of carbonyl (C=O) groups excluding carboxylic acids is 1. The van der Waals surface area contributed by atoms with E-state index < -0.39 is 0 Å². The highest BCUT2D eigenvalue weighted by Crippen LogP contribution is 2.51. The fraction of sp³-hybridized carbons (Fsp3) is 0.409. The summed E-state index contributed by atoms with van der Waals surface area (Å²) >= 11 is 1.82. The molecule has 5 rings (SSSR count). The van der Waals surface area contributed by atoms with Crippen molar-refractivity contribution >= 4 is 22.9 Å². The molecule has 3 atom stereocenters. The van der Waals surface area contributed by atoms with Crippen LogP contribution in [0.4, 0.5) is 5.69 Å². The van der Waals surface area contributed by atoms with Gasteiger partial charge in [-0.1, -0.05) is 24.3 Å². The smallest absolute Gasteiger partial charge is 0.256 e. The second-order valence-corrected chi connectivity index (χ2v) is 8.57. The van der Waals surface area contributed by atoms with Crippen molar-refractivity contribution in [2.75, 3.05) is 31.6 Å². The number of nitrogens with one attached hydrogen (secondary N) is 1. The Labute approximate surface area is 163 Å². The molecule has 0 spiro atoms. The van der Waals surface area contributed by atoms with E-state index in [0.717, 1.165) is 17.7 Å². The lowest BCUT2D eigenvalue weighted by atomic mass is 9.77. The summed E-state index contributed by atoms with van der Waals surface area (Å²) in [6.07, 6.45) is 5.72. The molecule has 2 aliphatic heterocycles. The van der Waals surface area contributed by atoms with Crippen LogP contribution in [0.5, 0.6) is 0 Å². The quantitative estimate of drug-likeness (QED) is 0.788. The number of morpholine rings is 1. The van der Waals surface area contributed by atoms with Crippen LogP contribution in [0.3, 0.4) is 0 Å². The van der Waals surface area contributed by atoms with Gasteiger partial charge in [-0.25, -0.2) is 0 Å². The highest BCUT2D eigenvalue weighted by Gasteiger charge is 2.40. The van der Waals surface area contributed by atoms with Crippen LogP contribution in [0, 0.1) is 12.8 Å². The molecule has 1 saturated heterocycles. The molecule has 1 N–H and O–H groups in total. The minimum absolute atomic E-state index is 0.115. The Morgan fingerprint density at radius 2 is 2.11 bits per heavy atom. The summed E-state index contributed by atoms with van der Waals surface area (Å²) in [5.41, 5.74) is 4.42. The third kappa shape index (κ3) is 2.80. The van der Waals surface area contributed by atoms with E-state index in [2.05, 4.69) is 41.9 Å². The Hall–Kier alpha value is -2.11. The number of fused-ring (bicyclic) bond motifs is 3. The van der Waals surface area contributed by atoms with Gasteiger partial charge in [-0.15, -0.1) is 11.3 Å². The maximum atomic E-state index is 13.2. The molecular weight excluding hydrogens is 356 g/mol. The third-order valence-electron chi connectivity index (χ3n) is 6.11. The highest BCUT2D eigenvalue weighted by atomic mass is 32.1. The maximum absolute atomic E-state index is 13.2. The molecule has 5 heteroatoms. The van der Waals surface area contributed by atoms with E-state index in [4.69, 9.17) is 4.74 Å². The van der Waals surface area contributed by atoms with Gasteiger partial charge in [0.1, 0.15) is 0 Å². The Balaban J connectivity index is 1.57. The molecule has 3 heterocycles. The number of amides is 1. The summed E-state index contributed by atoms with van der Waals surface area (Å²) in [7, 11) is 0. The van der Waals surface area contributed by atoms with Gasteiger partial charge in [-0.05, 0) is 47.9 Å². The molecule has 1 aliphatic carbocycles. The summed E-state index contributed by atoms with van der Waals surface area (Å²) in [5.74, 6) is 1.01. The minimum atomic E-state index is 0.115. The minimum Gasteiger partial charge on any atom is -0.378 e. The van der Waals surface area contributed by atoms with E-state index in [1.165, 1.54) is 16.0 Å². The molecule has 3 unspecified atom stereocenters. The molecule has 3 aliphatic rings. The number of nitrogens with zero attached hydrogens (tertiary/aromatic N) is 1. The van der Waals surface area contributed by atoms with Crippen molar-refractivity contribution in [1.29, 1.82) is 0 Å². The number of benzene rings is 1. The molecule has 4 nitrogen and oxygen atoms in total. The van der Waals surface area contributed by atoms with Gasteiger partial charge in [0.2, 0.25) is 0 Å². The third-order valence-corrected chi connectivity index (χ3v) is 7.21. The van der Waals surface area contributed by atoms with E-state index >= 15 is 0 Å². The van der Waals surface area contributed by atoms with Crippen molar-refractivity contribution in [2.24, 2.45) is 5.92 Å². The number of anilines is 1. The average Bonchev–Trinajstić information content (AvgIpc) is 3.36. The fourth-order valence-electron chi connectivity index (χ4n) is 4.70. The number of hydrogen-bond donors (Lipinski definition) is 1. The van der Waals surface area contributed by atoms with Crippen molar-refractivity contribution in [3.05, 3.63) is 63.4 Å². The molecule has 1 aromatic heterocycles. The van der Waals surface area contributed by atoms with Crippen LogP contribution in [-0.4, -0.2) is 37.1 Å². The second kappa shape index (κ2) is 6.80. The van der Waals surface area contributed by atoms with Gasteiger partial charge in [-0.3, -0.25) is 4.79 Å². The fourth-order valence-corrected chi connectivity index (χ4v) is 5.75. The van der Waals surface area contributed by atoms with Gasteiger partial charge in [0.05, 0.1) is 30.5 Å². The van der Waals surface area contributed by atoms with Gasteiger partial charge in [0.15, 0.2) is 0 Å². The van der Waals surface area contributed by atoms with Crippen molar-refractivity contribution in [1.82, 2.24) is 4.90 Å². The van der Waals surface area contributed by atoms with Gasteiger partial charge in [-0.2, -0.15) is 0 Å². The van der Waals surface area contributed by atoms with E-state index in [0.29, 0.717) is 38.1 Å². The Kier molecular flexibility index (Phi) is 4.29. The first-order valence-electron chi connectivity index (χ1n) is 9.71. The van der Waals surface area contributed by atoms with Gasteiger partial charge < -0.3 is 15.0 Å². The number of hydrogen-bond acceptors (Lipinski definition) is 4. The molecule has 1 fully saturated rings. The number of carbonyl (C=O) groups is 1. The largest absolute Gasteiger partial charge is 0.378 e. The van der Waals surface area contributed by atoms with Crippen LogP contribution in [-0.2, 0) is 4.74 Å². The van der Waals surface area contributed by atoms with E-state index in [9.17, 15) is 4.79 Å². The van der Waals surface area contributed by atoms with Crippen molar-refractivity contribution in [2.45, 2.75) is 25.3 Å². The van der Waals surface area contributed by atoms with Gasteiger partial charge >= 0.3 is 0 Å². The SMILES string of the molecule is Cc1ccsc1C1Nc2c(C(=O)N3CCOCC3)cccc2C2C=CCC21. The lowest BCUT2D eigenvalue weighted by molar-refractivity contribution is 0.0303. The Morgan fingerprint density at radius 1 is 1.26 bits per heavy atom. The standard InChI is InChI=1S/C22H24N2O2S/c1-14-8-13-27-21(14)20-17-6-2-4-15(17)16-5-3-7-18(19(16)23-20)22(25)24-9-11-26-12-10-24/h2-5,7-8,13,15,17,20,23H,6,9-12H2,1H3. The summed E-state index contributed by atoms with van der Waals surface area (Å²) in [5, 5.41) is 5.96. The summed E-state index contributed by atoms with van der Waals surface area (Å²) in [6.45, 7) is 4.77. The van der Waals surface area contributed by atoms with Crippen molar-refractivity contribution in [3.63, 3.8) is 0 Å². The van der Waals surface area contributed by atoms with Crippen LogP contribution >= 0.6 is 11.3 Å². The molecule has 27 heavy (non-hydrogen) atoms. The number of para-hydroxylation sites is 1. The van der Waals surface area contributed by atoms with Crippen LogP contribution in [0.1, 0.15) is 44.7 Å². The summed E-state index contributed by atoms with van der Waals surface area (Å²) in [4.78, 5) is 16.6. The predicted octanol–water partition coefficient (Wildman–Crippen LogP) is 4.36. The van der Waals surface area contributed by atoms with Crippen molar-refractivity contribution in [3.8, 4) is 0 Å². The average molecular weight is 381 g/mol. The Morgan fingerprint density at radius 3 is 2.89 bits per heavy atom. The predicted molar refractivity (Wildman–Crippen MR) is 109 cm³/mol. The number of thiophene rings is 1. The molecule has 2 aromatic rings. The normalized spacial score (nSPS) is 26.4. The van der Waals surface area contributed by atoms with E-state index in [1.54, 1.807) is 0 Å². The highest BCUT2D eigenvalue weighted by molar-refractivity contribution is 7.10. The first kappa shape index (κ1) is 17.0. The van der Waals surface area contributed by atoms with E-state index in [-0.39, 0.29) is 11.9 Å². The molecule has 0 radical (unpaired) electrons. The zero-order chi connectivity index (χ0) is 18.4. The first-order valence-corrected chi connectivity index (χ1v) is 10.6. The first-order chi connectivity index (χ1) is 13.2. The monoisotopic (exact) mass is 380 g/mol. The maximum Gasteiger partial charge on any atom is 0.256 e. The second-order valence-electron chi connectivity index (χ2n) is 7.62. The number of aryl methyl sites for hydroxylation is 1. The zero-order valence-corrected chi connectivity index (χ0v) is 16.3. The number of rotatable bonds is 2. The molecule has 140 valence electrons. The summed E-state index contributed by atoms with van der Waals surface area (Å²) < 4.78 is 5.42. The topological polar surface area (TPSA) is 41.6 Å². The lowest BCUT2D eigenvalue weighted by Crippen LogP contribution is -2.41. The van der Waals surface area contributed by atoms with Crippen LogP contribution in [0.25, 0.3) is 0 Å². The van der Waals surface area contributed by atoms with Crippen LogP contribution in [0.15, 0.2) is 41.8 Å². The van der Waals surface area contributed by atoms with Crippen LogP contribution in [0.2, 0.25) is 0 Å². The molecule has 0 bridgehead atoms. The summed E-state index contributed by atoms with van der Waals surface area (Å²) in [6, 6.07) is 8.65. The number of allylic oxidation sites excluding steroid dienone is 2. The molecule has 1 amide bonds. The van der Waals surface area contributed by atoms with E-state index in [1.807, 2.05) is 28.4 Å². The van der Waals surface area contributed by atoms with Gasteiger partial charge in [0.25, 0.3) is 5.91 Å².